The van der Waals surface area contributed by atoms with Crippen molar-refractivity contribution in [3.63, 3.8) is 0 Å². The maximum Gasteiger partial charge on any atom is 0.240 e. The summed E-state index contributed by atoms with van der Waals surface area (Å²) in [5.41, 5.74) is 1.13. The molecule has 0 aliphatic rings. The Bertz CT molecular complexity index is 652. The third-order valence-corrected chi connectivity index (χ3v) is 5.54. The van der Waals surface area contributed by atoms with Crippen LogP contribution in [0.15, 0.2) is 64.4 Å². The summed E-state index contributed by atoms with van der Waals surface area (Å²) in [6.07, 6.45) is 0.904. The Morgan fingerprint density at radius 1 is 1.00 bits per heavy atom. The molecule has 2 rings (SSSR count). The van der Waals surface area contributed by atoms with Gasteiger partial charge in [0.2, 0.25) is 10.0 Å². The monoisotopic (exact) mass is 321 g/mol. The standard InChI is InChI=1S/C16H19NO2S2/c1-2-14-8-10-16(11-9-14)21(18,19)17-12-13-20-15-6-4-3-5-7-15/h3-11,17H,2,12-13H2,1H3. The van der Waals surface area contributed by atoms with Gasteiger partial charge in [-0.15, -0.1) is 11.8 Å². The van der Waals surface area contributed by atoms with Crippen LogP contribution in [0.1, 0.15) is 12.5 Å². The Hall–Kier alpha value is -1.30. The maximum absolute atomic E-state index is 12.1. The zero-order valence-corrected chi connectivity index (χ0v) is 13.6. The largest absolute Gasteiger partial charge is 0.240 e. The lowest BCUT2D eigenvalue weighted by Crippen LogP contribution is -2.26. The van der Waals surface area contributed by atoms with E-state index >= 15 is 0 Å². The van der Waals surface area contributed by atoms with Crippen LogP contribution in [0.3, 0.4) is 0 Å². The zero-order chi connectivity index (χ0) is 15.1. The molecule has 1 N–H and O–H groups in total. The van der Waals surface area contributed by atoms with Gasteiger partial charge in [-0.25, -0.2) is 13.1 Å². The van der Waals surface area contributed by atoms with Gasteiger partial charge in [0.25, 0.3) is 0 Å². The SMILES string of the molecule is CCc1ccc(S(=O)(=O)NCCSc2ccccc2)cc1. The molecular weight excluding hydrogens is 302 g/mol. The third-order valence-electron chi connectivity index (χ3n) is 3.05. The molecule has 0 radical (unpaired) electrons. The minimum atomic E-state index is -3.40. The second-order valence-electron chi connectivity index (χ2n) is 4.56. The fourth-order valence-corrected chi connectivity index (χ4v) is 3.80. The molecular formula is C16H19NO2S2. The number of hydrogen-bond donors (Lipinski definition) is 1. The summed E-state index contributed by atoms with van der Waals surface area (Å²) in [7, 11) is -3.40. The molecule has 0 atom stereocenters. The van der Waals surface area contributed by atoms with Crippen LogP contribution >= 0.6 is 11.8 Å². The summed E-state index contributed by atoms with van der Waals surface area (Å²) in [6, 6.07) is 17.0. The molecule has 0 heterocycles. The maximum atomic E-state index is 12.1. The highest BCUT2D eigenvalue weighted by atomic mass is 32.2. The van der Waals surface area contributed by atoms with Crippen molar-refractivity contribution >= 4 is 21.8 Å². The minimum absolute atomic E-state index is 0.324. The van der Waals surface area contributed by atoms with Crippen LogP contribution in [0.5, 0.6) is 0 Å². The predicted octanol–water partition coefficient (Wildman–Crippen LogP) is 3.32. The number of sulfonamides is 1. The zero-order valence-electron chi connectivity index (χ0n) is 12.0. The van der Waals surface area contributed by atoms with E-state index < -0.39 is 10.0 Å². The van der Waals surface area contributed by atoms with Crippen molar-refractivity contribution in [2.24, 2.45) is 0 Å². The highest BCUT2D eigenvalue weighted by Crippen LogP contribution is 2.16. The molecule has 5 heteroatoms. The van der Waals surface area contributed by atoms with E-state index in [-0.39, 0.29) is 0 Å². The molecule has 0 unspecified atom stereocenters. The van der Waals surface area contributed by atoms with Crippen LogP contribution in [-0.2, 0) is 16.4 Å². The molecule has 0 spiro atoms. The molecule has 0 saturated heterocycles. The van der Waals surface area contributed by atoms with Gasteiger partial charge in [0.05, 0.1) is 4.90 Å². The normalized spacial score (nSPS) is 11.5. The molecule has 0 bridgehead atoms. The molecule has 0 fully saturated rings. The van der Waals surface area contributed by atoms with Gasteiger partial charge in [-0.3, -0.25) is 0 Å². The fraction of sp³-hybridized carbons (Fsp3) is 0.250. The number of nitrogens with one attached hydrogen (secondary N) is 1. The number of rotatable bonds is 7. The number of aryl methyl sites for hydroxylation is 1. The average molecular weight is 321 g/mol. The molecule has 0 aliphatic carbocycles. The van der Waals surface area contributed by atoms with Crippen molar-refractivity contribution in [2.75, 3.05) is 12.3 Å². The van der Waals surface area contributed by atoms with Crippen molar-refractivity contribution in [1.82, 2.24) is 4.72 Å². The quantitative estimate of drug-likeness (QED) is 0.628. The summed E-state index contributed by atoms with van der Waals surface area (Å²) in [6.45, 7) is 2.46. The number of hydrogen-bond acceptors (Lipinski definition) is 3. The molecule has 0 aromatic heterocycles. The summed E-state index contributed by atoms with van der Waals surface area (Å²) in [5, 5.41) is 0. The van der Waals surface area contributed by atoms with E-state index in [0.29, 0.717) is 17.2 Å². The van der Waals surface area contributed by atoms with Crippen molar-refractivity contribution in [2.45, 2.75) is 23.1 Å². The van der Waals surface area contributed by atoms with Crippen LogP contribution in [0.4, 0.5) is 0 Å². The number of thioether (sulfide) groups is 1. The first-order chi connectivity index (χ1) is 10.1. The highest BCUT2D eigenvalue weighted by molar-refractivity contribution is 7.99. The molecule has 3 nitrogen and oxygen atoms in total. The molecule has 0 amide bonds. The summed E-state index contributed by atoms with van der Waals surface area (Å²) >= 11 is 1.64. The third kappa shape index (κ3) is 4.88. The molecule has 2 aromatic rings. The van der Waals surface area contributed by atoms with Gasteiger partial charge in [0, 0.05) is 17.2 Å². The second kappa shape index (κ2) is 7.64. The smallest absolute Gasteiger partial charge is 0.210 e. The van der Waals surface area contributed by atoms with E-state index in [9.17, 15) is 8.42 Å². The first kappa shape index (κ1) is 16.1. The van der Waals surface area contributed by atoms with Gasteiger partial charge >= 0.3 is 0 Å². The lowest BCUT2D eigenvalue weighted by atomic mass is 10.2. The van der Waals surface area contributed by atoms with E-state index in [1.54, 1.807) is 23.9 Å². The Morgan fingerprint density at radius 2 is 1.67 bits per heavy atom. The first-order valence-electron chi connectivity index (χ1n) is 6.88. The van der Waals surface area contributed by atoms with Crippen molar-refractivity contribution in [3.8, 4) is 0 Å². The predicted molar refractivity (Wildman–Crippen MR) is 88.2 cm³/mol. The number of benzene rings is 2. The molecule has 0 aliphatic heterocycles. The Kier molecular flexibility index (Phi) is 5.85. The fourth-order valence-electron chi connectivity index (χ4n) is 1.85. The lowest BCUT2D eigenvalue weighted by molar-refractivity contribution is 0.584. The lowest BCUT2D eigenvalue weighted by Gasteiger charge is -2.07. The Morgan fingerprint density at radius 3 is 2.29 bits per heavy atom. The Labute approximate surface area is 130 Å². The van der Waals surface area contributed by atoms with Crippen molar-refractivity contribution in [1.29, 1.82) is 0 Å². The van der Waals surface area contributed by atoms with Crippen LogP contribution in [0.2, 0.25) is 0 Å². The van der Waals surface area contributed by atoms with Gasteiger partial charge in [-0.2, -0.15) is 0 Å². The van der Waals surface area contributed by atoms with Gasteiger partial charge < -0.3 is 0 Å². The van der Waals surface area contributed by atoms with Gasteiger partial charge in [-0.05, 0) is 36.2 Å². The van der Waals surface area contributed by atoms with Gasteiger partial charge in [0.15, 0.2) is 0 Å². The second-order valence-corrected chi connectivity index (χ2v) is 7.49. The van der Waals surface area contributed by atoms with Crippen LogP contribution in [0.25, 0.3) is 0 Å². The van der Waals surface area contributed by atoms with E-state index in [1.807, 2.05) is 49.4 Å². The highest BCUT2D eigenvalue weighted by Gasteiger charge is 2.12. The molecule has 2 aromatic carbocycles. The minimum Gasteiger partial charge on any atom is -0.210 e. The summed E-state index contributed by atoms with van der Waals surface area (Å²) in [5.74, 6) is 0.705. The first-order valence-corrected chi connectivity index (χ1v) is 9.35. The summed E-state index contributed by atoms with van der Waals surface area (Å²) < 4.78 is 26.9. The topological polar surface area (TPSA) is 46.2 Å². The van der Waals surface area contributed by atoms with Crippen LogP contribution in [0, 0.1) is 0 Å². The van der Waals surface area contributed by atoms with Gasteiger partial charge in [-0.1, -0.05) is 37.3 Å². The summed E-state index contributed by atoms with van der Waals surface area (Å²) in [4.78, 5) is 1.47. The van der Waals surface area contributed by atoms with E-state index in [1.165, 1.54) is 0 Å². The van der Waals surface area contributed by atoms with Crippen molar-refractivity contribution in [3.05, 3.63) is 60.2 Å². The molecule has 112 valence electrons. The van der Waals surface area contributed by atoms with Gasteiger partial charge in [0.1, 0.15) is 0 Å². The molecule has 21 heavy (non-hydrogen) atoms. The Balaban J connectivity index is 1.86. The van der Waals surface area contributed by atoms with Crippen LogP contribution < -0.4 is 4.72 Å². The van der Waals surface area contributed by atoms with E-state index in [0.717, 1.165) is 16.9 Å². The van der Waals surface area contributed by atoms with Crippen molar-refractivity contribution < 1.29 is 8.42 Å². The van der Waals surface area contributed by atoms with Crippen LogP contribution in [-0.4, -0.2) is 20.7 Å². The van der Waals surface area contributed by atoms with E-state index in [2.05, 4.69) is 4.72 Å². The van der Waals surface area contributed by atoms with E-state index in [4.69, 9.17) is 0 Å². The average Bonchev–Trinajstić information content (AvgIpc) is 2.53. The molecule has 0 saturated carbocycles.